The molecule has 5 heteroatoms. The molecule has 1 saturated carbocycles. The minimum Gasteiger partial charge on any atom is -0.494 e. The van der Waals surface area contributed by atoms with Crippen LogP contribution < -0.4 is 15.4 Å². The van der Waals surface area contributed by atoms with Gasteiger partial charge in [-0.15, -0.1) is 0 Å². The summed E-state index contributed by atoms with van der Waals surface area (Å²) < 4.78 is 5.32. The van der Waals surface area contributed by atoms with Crippen molar-refractivity contribution in [2.45, 2.75) is 32.6 Å². The fraction of sp³-hybridized carbons (Fsp3) is 0.529. The maximum absolute atomic E-state index is 11.9. The molecule has 0 saturated heterocycles. The maximum atomic E-state index is 11.9. The fourth-order valence-electron chi connectivity index (χ4n) is 2.67. The number of amides is 2. The van der Waals surface area contributed by atoms with E-state index in [1.165, 1.54) is 25.7 Å². The molecule has 1 fully saturated rings. The van der Waals surface area contributed by atoms with Crippen LogP contribution in [-0.2, 0) is 4.79 Å². The van der Waals surface area contributed by atoms with Crippen LogP contribution in [0.3, 0.4) is 0 Å². The van der Waals surface area contributed by atoms with E-state index in [0.29, 0.717) is 18.1 Å². The minimum absolute atomic E-state index is 0.0127. The van der Waals surface area contributed by atoms with Crippen molar-refractivity contribution in [1.82, 2.24) is 10.6 Å². The second-order valence-electron chi connectivity index (χ2n) is 5.59. The molecule has 0 heterocycles. The Balaban J connectivity index is 1.70. The normalized spacial score (nSPS) is 14.6. The molecule has 0 bridgehead atoms. The Morgan fingerprint density at radius 1 is 1.14 bits per heavy atom. The monoisotopic (exact) mass is 304 g/mol. The van der Waals surface area contributed by atoms with Gasteiger partial charge >= 0.3 is 0 Å². The van der Waals surface area contributed by atoms with E-state index >= 15 is 0 Å². The van der Waals surface area contributed by atoms with Crippen molar-refractivity contribution in [1.29, 1.82) is 0 Å². The smallest absolute Gasteiger partial charge is 0.251 e. The molecule has 0 radical (unpaired) electrons. The first-order valence-corrected chi connectivity index (χ1v) is 7.96. The molecule has 0 atom stereocenters. The first kappa shape index (κ1) is 16.3. The highest BCUT2D eigenvalue weighted by molar-refractivity contribution is 5.96. The first-order valence-electron chi connectivity index (χ1n) is 7.96. The predicted molar refractivity (Wildman–Crippen MR) is 84.9 cm³/mol. The Bertz CT molecular complexity index is 493. The van der Waals surface area contributed by atoms with Crippen LogP contribution in [0.1, 0.15) is 43.0 Å². The van der Waals surface area contributed by atoms with Crippen LogP contribution in [-0.4, -0.2) is 31.5 Å². The molecule has 2 amide bonds. The third-order valence-electron chi connectivity index (χ3n) is 3.90. The van der Waals surface area contributed by atoms with Crippen molar-refractivity contribution in [2.24, 2.45) is 5.92 Å². The van der Waals surface area contributed by atoms with Gasteiger partial charge in [0.2, 0.25) is 5.91 Å². The molecule has 2 rings (SSSR count). The summed E-state index contributed by atoms with van der Waals surface area (Å²) in [4.78, 5) is 23.7. The van der Waals surface area contributed by atoms with Gasteiger partial charge in [0.15, 0.2) is 0 Å². The Morgan fingerprint density at radius 3 is 2.45 bits per heavy atom. The van der Waals surface area contributed by atoms with Crippen molar-refractivity contribution < 1.29 is 14.3 Å². The lowest BCUT2D eigenvalue weighted by molar-refractivity contribution is -0.120. The van der Waals surface area contributed by atoms with Crippen molar-refractivity contribution in [3.05, 3.63) is 29.8 Å². The van der Waals surface area contributed by atoms with E-state index in [1.807, 2.05) is 6.92 Å². The summed E-state index contributed by atoms with van der Waals surface area (Å²) in [7, 11) is 0. The average Bonchev–Trinajstić information content (AvgIpc) is 3.05. The van der Waals surface area contributed by atoms with E-state index in [9.17, 15) is 9.59 Å². The lowest BCUT2D eigenvalue weighted by Gasteiger charge is -2.11. The largest absolute Gasteiger partial charge is 0.494 e. The van der Waals surface area contributed by atoms with Gasteiger partial charge < -0.3 is 15.4 Å². The number of nitrogens with one attached hydrogen (secondary N) is 2. The van der Waals surface area contributed by atoms with Crippen LogP contribution in [0, 0.1) is 5.92 Å². The summed E-state index contributed by atoms with van der Waals surface area (Å²) in [5, 5.41) is 5.52. The molecule has 1 aromatic carbocycles. The summed E-state index contributed by atoms with van der Waals surface area (Å²) in [6, 6.07) is 6.88. The molecule has 120 valence electrons. The molecule has 0 unspecified atom stereocenters. The van der Waals surface area contributed by atoms with Gasteiger partial charge in [-0.3, -0.25) is 9.59 Å². The lowest BCUT2D eigenvalue weighted by Crippen LogP contribution is -2.38. The summed E-state index contributed by atoms with van der Waals surface area (Å²) in [6.07, 6.45) is 4.90. The van der Waals surface area contributed by atoms with Gasteiger partial charge in [-0.05, 0) is 49.9 Å². The third kappa shape index (κ3) is 5.06. The Morgan fingerprint density at radius 2 is 1.82 bits per heavy atom. The molecule has 1 aromatic rings. The third-order valence-corrected chi connectivity index (χ3v) is 3.90. The highest BCUT2D eigenvalue weighted by Crippen LogP contribution is 2.23. The van der Waals surface area contributed by atoms with Crippen LogP contribution in [0.4, 0.5) is 0 Å². The summed E-state index contributed by atoms with van der Waals surface area (Å²) in [6.45, 7) is 3.23. The number of hydrogen-bond donors (Lipinski definition) is 2. The number of ether oxygens (including phenoxy) is 1. The number of benzene rings is 1. The molecule has 22 heavy (non-hydrogen) atoms. The zero-order chi connectivity index (χ0) is 15.8. The van der Waals surface area contributed by atoms with Crippen LogP contribution in [0.5, 0.6) is 5.75 Å². The summed E-state index contributed by atoms with van der Waals surface area (Å²) >= 11 is 0. The van der Waals surface area contributed by atoms with Gasteiger partial charge in [-0.25, -0.2) is 0 Å². The SMILES string of the molecule is CCOc1ccc(C(=O)NCC(=O)NCC2CCCC2)cc1. The Hall–Kier alpha value is -2.04. The quantitative estimate of drug-likeness (QED) is 0.811. The molecular formula is C17H24N2O3. The second-order valence-corrected chi connectivity index (χ2v) is 5.59. The average molecular weight is 304 g/mol. The Labute approximate surface area is 131 Å². The molecule has 1 aliphatic carbocycles. The van der Waals surface area contributed by atoms with E-state index < -0.39 is 0 Å². The second kappa shape index (κ2) is 8.41. The van der Waals surface area contributed by atoms with E-state index in [0.717, 1.165) is 12.3 Å². The van der Waals surface area contributed by atoms with Gasteiger partial charge in [0.1, 0.15) is 5.75 Å². The first-order chi connectivity index (χ1) is 10.7. The molecular weight excluding hydrogens is 280 g/mol. The van der Waals surface area contributed by atoms with Crippen LogP contribution in [0.2, 0.25) is 0 Å². The number of carbonyl (C=O) groups is 2. The van der Waals surface area contributed by atoms with E-state index in [2.05, 4.69) is 10.6 Å². The fourth-order valence-corrected chi connectivity index (χ4v) is 2.67. The predicted octanol–water partition coefficient (Wildman–Crippen LogP) is 2.12. The molecule has 2 N–H and O–H groups in total. The highest BCUT2D eigenvalue weighted by Gasteiger charge is 2.16. The van der Waals surface area contributed by atoms with Gasteiger partial charge in [-0.1, -0.05) is 12.8 Å². The zero-order valence-electron chi connectivity index (χ0n) is 13.1. The summed E-state index contributed by atoms with van der Waals surface area (Å²) in [5.74, 6) is 0.948. The number of hydrogen-bond acceptors (Lipinski definition) is 3. The van der Waals surface area contributed by atoms with Crippen molar-refractivity contribution in [3.63, 3.8) is 0 Å². The van der Waals surface area contributed by atoms with E-state index in [1.54, 1.807) is 24.3 Å². The zero-order valence-corrected chi connectivity index (χ0v) is 13.1. The lowest BCUT2D eigenvalue weighted by atomic mass is 10.1. The van der Waals surface area contributed by atoms with Crippen LogP contribution >= 0.6 is 0 Å². The highest BCUT2D eigenvalue weighted by atomic mass is 16.5. The van der Waals surface area contributed by atoms with E-state index in [4.69, 9.17) is 4.74 Å². The minimum atomic E-state index is -0.251. The van der Waals surface area contributed by atoms with Gasteiger partial charge in [0.05, 0.1) is 13.2 Å². The Kier molecular flexibility index (Phi) is 6.25. The molecule has 1 aliphatic rings. The van der Waals surface area contributed by atoms with Gasteiger partial charge in [0.25, 0.3) is 5.91 Å². The number of carbonyl (C=O) groups excluding carboxylic acids is 2. The van der Waals surface area contributed by atoms with Crippen LogP contribution in [0.15, 0.2) is 24.3 Å². The summed E-state index contributed by atoms with van der Waals surface area (Å²) in [5.41, 5.74) is 0.520. The molecule has 0 spiro atoms. The number of rotatable bonds is 7. The standard InChI is InChI=1S/C17H24N2O3/c1-2-22-15-9-7-14(8-10-15)17(21)19-12-16(20)18-11-13-5-3-4-6-13/h7-10,13H,2-6,11-12H2,1H3,(H,18,20)(H,19,21). The molecule has 0 aliphatic heterocycles. The van der Waals surface area contributed by atoms with E-state index in [-0.39, 0.29) is 18.4 Å². The van der Waals surface area contributed by atoms with Crippen molar-refractivity contribution >= 4 is 11.8 Å². The van der Waals surface area contributed by atoms with Crippen molar-refractivity contribution in [3.8, 4) is 5.75 Å². The van der Waals surface area contributed by atoms with Crippen LogP contribution in [0.25, 0.3) is 0 Å². The maximum Gasteiger partial charge on any atom is 0.251 e. The topological polar surface area (TPSA) is 67.4 Å². The van der Waals surface area contributed by atoms with Gasteiger partial charge in [-0.2, -0.15) is 0 Å². The van der Waals surface area contributed by atoms with Crippen molar-refractivity contribution in [2.75, 3.05) is 19.7 Å². The van der Waals surface area contributed by atoms with Gasteiger partial charge in [0, 0.05) is 12.1 Å². The molecule has 5 nitrogen and oxygen atoms in total. The molecule has 0 aromatic heterocycles.